The smallest absolute Gasteiger partial charge is 0.264 e. The van der Waals surface area contributed by atoms with Crippen LogP contribution in [0.3, 0.4) is 0 Å². The van der Waals surface area contributed by atoms with Gasteiger partial charge in [-0.1, -0.05) is 30.3 Å². The van der Waals surface area contributed by atoms with Gasteiger partial charge in [0.25, 0.3) is 10.1 Å². The molecule has 20 heavy (non-hydrogen) atoms. The lowest BCUT2D eigenvalue weighted by Gasteiger charge is -2.19. The third-order valence-corrected chi connectivity index (χ3v) is 5.95. The number of rotatable bonds is 8. The molecule has 6 nitrogen and oxygen atoms in total. The van der Waals surface area contributed by atoms with Crippen molar-refractivity contribution in [1.82, 2.24) is 0 Å². The minimum atomic E-state index is -4.05. The molecule has 0 heterocycles. The second-order valence-corrected chi connectivity index (χ2v) is 8.90. The van der Waals surface area contributed by atoms with Gasteiger partial charge in [-0.3, -0.25) is 9.12 Å². The Morgan fingerprint density at radius 3 is 2.40 bits per heavy atom. The highest BCUT2D eigenvalue weighted by molar-refractivity contribution is 7.85. The molecule has 1 aromatic rings. The van der Waals surface area contributed by atoms with Crippen LogP contribution in [0, 0.1) is 0 Å². The van der Waals surface area contributed by atoms with Crippen molar-refractivity contribution in [2.24, 2.45) is 5.73 Å². The monoisotopic (exact) mass is 321 g/mol. The van der Waals surface area contributed by atoms with Gasteiger partial charge in [-0.25, -0.2) is 0 Å². The fourth-order valence-corrected chi connectivity index (χ4v) is 3.80. The quantitative estimate of drug-likeness (QED) is 0.493. The van der Waals surface area contributed by atoms with Crippen molar-refractivity contribution in [2.45, 2.75) is 25.0 Å². The molecule has 0 saturated heterocycles. The predicted octanol–water partition coefficient (Wildman–Crippen LogP) is 1.45. The number of benzene rings is 1. The molecule has 8 heteroatoms. The maximum absolute atomic E-state index is 12.1. The first-order valence-corrected chi connectivity index (χ1v) is 9.79. The minimum Gasteiger partial charge on any atom is -0.343 e. The van der Waals surface area contributed by atoms with Gasteiger partial charge in [0.15, 0.2) is 0 Å². The SMILES string of the molecule is NC(CCCS(=O)(=O)O)P(=O)(O)CCc1ccccc1. The van der Waals surface area contributed by atoms with E-state index in [0.717, 1.165) is 5.56 Å². The van der Waals surface area contributed by atoms with Crippen LogP contribution >= 0.6 is 7.37 Å². The maximum Gasteiger partial charge on any atom is 0.264 e. The standard InChI is InChI=1S/C12H20NO5PS/c13-12(7-4-10-20(16,17)18)19(14,15)9-8-11-5-2-1-3-6-11/h1-3,5-6,12H,4,7-10,13H2,(H,14,15)(H,16,17,18). The van der Waals surface area contributed by atoms with Crippen molar-refractivity contribution in [2.75, 3.05) is 11.9 Å². The zero-order valence-electron chi connectivity index (χ0n) is 11.1. The van der Waals surface area contributed by atoms with Crippen LogP contribution in [0.1, 0.15) is 18.4 Å². The molecule has 0 fully saturated rings. The van der Waals surface area contributed by atoms with Crippen molar-refractivity contribution < 1.29 is 22.4 Å². The molecule has 0 aliphatic heterocycles. The lowest BCUT2D eigenvalue weighted by Crippen LogP contribution is -2.23. The number of aryl methyl sites for hydroxylation is 1. The highest BCUT2D eigenvalue weighted by atomic mass is 32.2. The fraction of sp³-hybridized carbons (Fsp3) is 0.500. The molecular formula is C12H20NO5PS. The highest BCUT2D eigenvalue weighted by Crippen LogP contribution is 2.45. The number of hydrogen-bond acceptors (Lipinski definition) is 4. The molecule has 0 saturated carbocycles. The Morgan fingerprint density at radius 1 is 1.25 bits per heavy atom. The van der Waals surface area contributed by atoms with Crippen LogP contribution in [0.25, 0.3) is 0 Å². The maximum atomic E-state index is 12.1. The molecule has 1 rings (SSSR count). The summed E-state index contributed by atoms with van der Waals surface area (Å²) >= 11 is 0. The van der Waals surface area contributed by atoms with Crippen LogP contribution in [0.5, 0.6) is 0 Å². The average Bonchev–Trinajstić information content (AvgIpc) is 2.36. The Bertz CT molecular complexity index is 560. The molecule has 114 valence electrons. The molecule has 0 aliphatic carbocycles. The van der Waals surface area contributed by atoms with Crippen LogP contribution in [0.2, 0.25) is 0 Å². The molecule has 0 bridgehead atoms. The van der Waals surface area contributed by atoms with E-state index in [1.807, 2.05) is 30.3 Å². The Hall–Kier alpha value is -0.720. The van der Waals surface area contributed by atoms with Crippen molar-refractivity contribution in [3.63, 3.8) is 0 Å². The molecule has 0 spiro atoms. The van der Waals surface area contributed by atoms with E-state index >= 15 is 0 Å². The summed E-state index contributed by atoms with van der Waals surface area (Å²) in [5, 5.41) is 0. The Balaban J connectivity index is 2.45. The Labute approximate surface area is 119 Å². The first kappa shape index (κ1) is 17.3. The summed E-state index contributed by atoms with van der Waals surface area (Å²) < 4.78 is 41.8. The van der Waals surface area contributed by atoms with Crippen molar-refractivity contribution in [1.29, 1.82) is 0 Å². The van der Waals surface area contributed by atoms with Gasteiger partial charge in [-0.05, 0) is 24.8 Å². The van der Waals surface area contributed by atoms with Crippen LogP contribution in [0.15, 0.2) is 30.3 Å². The average molecular weight is 321 g/mol. The predicted molar refractivity (Wildman–Crippen MR) is 78.5 cm³/mol. The van der Waals surface area contributed by atoms with Gasteiger partial charge >= 0.3 is 0 Å². The minimum absolute atomic E-state index is 0.0596. The van der Waals surface area contributed by atoms with E-state index in [1.54, 1.807) is 0 Å². The lowest BCUT2D eigenvalue weighted by molar-refractivity contribution is 0.453. The highest BCUT2D eigenvalue weighted by Gasteiger charge is 2.27. The molecule has 0 amide bonds. The summed E-state index contributed by atoms with van der Waals surface area (Å²) in [5.74, 6) is -1.41. The topological polar surface area (TPSA) is 118 Å². The molecule has 1 aromatic carbocycles. The Morgan fingerprint density at radius 2 is 1.85 bits per heavy atom. The van der Waals surface area contributed by atoms with E-state index in [-0.39, 0.29) is 19.0 Å². The third-order valence-electron chi connectivity index (χ3n) is 2.98. The van der Waals surface area contributed by atoms with Crippen LogP contribution in [-0.2, 0) is 21.1 Å². The lowest BCUT2D eigenvalue weighted by atomic mass is 10.2. The second-order valence-electron chi connectivity index (χ2n) is 4.71. The summed E-state index contributed by atoms with van der Waals surface area (Å²) in [5.41, 5.74) is 6.61. The second kappa shape index (κ2) is 7.33. The van der Waals surface area contributed by atoms with E-state index in [0.29, 0.717) is 6.42 Å². The van der Waals surface area contributed by atoms with Gasteiger partial charge in [-0.2, -0.15) is 8.42 Å². The van der Waals surface area contributed by atoms with Gasteiger partial charge in [-0.15, -0.1) is 0 Å². The van der Waals surface area contributed by atoms with Crippen molar-refractivity contribution >= 4 is 17.5 Å². The van der Waals surface area contributed by atoms with Crippen LogP contribution in [-0.4, -0.2) is 35.6 Å². The normalized spacial score (nSPS) is 16.6. The van der Waals surface area contributed by atoms with Gasteiger partial charge in [0, 0.05) is 6.16 Å². The van der Waals surface area contributed by atoms with Gasteiger partial charge < -0.3 is 10.6 Å². The van der Waals surface area contributed by atoms with E-state index in [2.05, 4.69) is 0 Å². The van der Waals surface area contributed by atoms with Gasteiger partial charge in [0.05, 0.1) is 11.5 Å². The van der Waals surface area contributed by atoms with E-state index in [4.69, 9.17) is 10.3 Å². The Kier molecular flexibility index (Phi) is 6.36. The van der Waals surface area contributed by atoms with E-state index < -0.39 is 29.0 Å². The van der Waals surface area contributed by atoms with Crippen LogP contribution in [0.4, 0.5) is 0 Å². The zero-order chi connectivity index (χ0) is 15.2. The summed E-state index contributed by atoms with van der Waals surface area (Å²) in [4.78, 5) is 9.89. The molecule has 0 radical (unpaired) electrons. The molecule has 4 N–H and O–H groups in total. The molecular weight excluding hydrogens is 301 g/mol. The molecule has 2 unspecified atom stereocenters. The van der Waals surface area contributed by atoms with E-state index in [1.165, 1.54) is 0 Å². The number of hydrogen-bond donors (Lipinski definition) is 3. The summed E-state index contributed by atoms with van der Waals surface area (Å²) in [6, 6.07) is 9.30. The van der Waals surface area contributed by atoms with Crippen LogP contribution < -0.4 is 5.73 Å². The first-order chi connectivity index (χ1) is 9.21. The fourth-order valence-electron chi connectivity index (χ4n) is 1.78. The summed E-state index contributed by atoms with van der Waals surface area (Å²) in [7, 11) is -7.58. The summed E-state index contributed by atoms with van der Waals surface area (Å²) in [6.45, 7) is 0. The number of nitrogens with two attached hydrogens (primary N) is 1. The van der Waals surface area contributed by atoms with Crippen molar-refractivity contribution in [3.8, 4) is 0 Å². The van der Waals surface area contributed by atoms with E-state index in [9.17, 15) is 17.9 Å². The van der Waals surface area contributed by atoms with Gasteiger partial charge in [0.2, 0.25) is 7.37 Å². The van der Waals surface area contributed by atoms with Crippen molar-refractivity contribution in [3.05, 3.63) is 35.9 Å². The molecule has 0 aromatic heterocycles. The first-order valence-electron chi connectivity index (χ1n) is 6.27. The molecule has 0 aliphatic rings. The van der Waals surface area contributed by atoms with Gasteiger partial charge in [0.1, 0.15) is 0 Å². The summed E-state index contributed by atoms with van der Waals surface area (Å²) in [6.07, 6.45) is 0.656. The largest absolute Gasteiger partial charge is 0.343 e. The zero-order valence-corrected chi connectivity index (χ0v) is 12.8. The molecule has 2 atom stereocenters. The third kappa shape index (κ3) is 6.63.